The molecule has 1 unspecified atom stereocenters. The molecule has 0 fully saturated rings. The van der Waals surface area contributed by atoms with Gasteiger partial charge in [0.2, 0.25) is 0 Å². The molecular formula is C14H22N2O2. The summed E-state index contributed by atoms with van der Waals surface area (Å²) in [5.74, 6) is -0.183. The third-order valence-electron chi connectivity index (χ3n) is 2.95. The van der Waals surface area contributed by atoms with Crippen molar-refractivity contribution in [2.75, 3.05) is 7.11 Å². The number of methoxy groups -OCH3 is 1. The van der Waals surface area contributed by atoms with Gasteiger partial charge in [-0.3, -0.25) is 9.78 Å². The average Bonchev–Trinajstić information content (AvgIpc) is 2.34. The van der Waals surface area contributed by atoms with Crippen molar-refractivity contribution < 1.29 is 9.53 Å². The summed E-state index contributed by atoms with van der Waals surface area (Å²) in [4.78, 5) is 15.4. The lowest BCUT2D eigenvalue weighted by Crippen LogP contribution is -2.41. The van der Waals surface area contributed by atoms with Gasteiger partial charge < -0.3 is 10.1 Å². The lowest BCUT2D eigenvalue weighted by Gasteiger charge is -2.31. The molecule has 1 atom stereocenters. The SMILES string of the molecule is COC(=O)CC(NCc1ccncc1)C(C)(C)C. The van der Waals surface area contributed by atoms with Crippen molar-refractivity contribution in [3.63, 3.8) is 0 Å². The van der Waals surface area contributed by atoms with E-state index in [1.165, 1.54) is 7.11 Å². The van der Waals surface area contributed by atoms with Crippen LogP contribution in [0.1, 0.15) is 32.8 Å². The number of carbonyl (C=O) groups is 1. The first-order chi connectivity index (χ1) is 8.43. The molecule has 0 bridgehead atoms. The zero-order valence-corrected chi connectivity index (χ0v) is 11.6. The molecule has 100 valence electrons. The fourth-order valence-electron chi connectivity index (χ4n) is 1.68. The topological polar surface area (TPSA) is 51.2 Å². The molecule has 4 heteroatoms. The van der Waals surface area contributed by atoms with Gasteiger partial charge in [0.1, 0.15) is 0 Å². The second-order valence-corrected chi connectivity index (χ2v) is 5.44. The van der Waals surface area contributed by atoms with Crippen LogP contribution in [0.25, 0.3) is 0 Å². The zero-order chi connectivity index (χ0) is 13.6. The Hall–Kier alpha value is -1.42. The van der Waals surface area contributed by atoms with E-state index in [1.807, 2.05) is 12.1 Å². The van der Waals surface area contributed by atoms with Crippen LogP contribution in [-0.4, -0.2) is 24.1 Å². The molecule has 1 aromatic rings. The molecule has 0 radical (unpaired) electrons. The molecule has 4 nitrogen and oxygen atoms in total. The highest BCUT2D eigenvalue weighted by molar-refractivity contribution is 5.70. The number of aromatic nitrogens is 1. The Bertz CT molecular complexity index is 371. The van der Waals surface area contributed by atoms with Crippen LogP contribution in [0, 0.1) is 5.41 Å². The van der Waals surface area contributed by atoms with Gasteiger partial charge in [0.15, 0.2) is 0 Å². The Morgan fingerprint density at radius 3 is 2.50 bits per heavy atom. The van der Waals surface area contributed by atoms with E-state index in [9.17, 15) is 4.79 Å². The Balaban J connectivity index is 2.59. The molecule has 0 aliphatic carbocycles. The van der Waals surface area contributed by atoms with Crippen molar-refractivity contribution in [2.24, 2.45) is 5.41 Å². The molecule has 0 saturated heterocycles. The van der Waals surface area contributed by atoms with E-state index in [-0.39, 0.29) is 17.4 Å². The van der Waals surface area contributed by atoms with Crippen LogP contribution in [0.2, 0.25) is 0 Å². The van der Waals surface area contributed by atoms with Crippen molar-refractivity contribution in [3.8, 4) is 0 Å². The number of esters is 1. The van der Waals surface area contributed by atoms with Gasteiger partial charge in [-0.1, -0.05) is 20.8 Å². The Kier molecular flexibility index (Phi) is 5.28. The Labute approximate surface area is 109 Å². The second kappa shape index (κ2) is 6.50. The van der Waals surface area contributed by atoms with Gasteiger partial charge in [-0.2, -0.15) is 0 Å². The summed E-state index contributed by atoms with van der Waals surface area (Å²) in [6.45, 7) is 7.06. The summed E-state index contributed by atoms with van der Waals surface area (Å²) in [7, 11) is 1.42. The number of carbonyl (C=O) groups excluding carboxylic acids is 1. The maximum atomic E-state index is 11.4. The van der Waals surface area contributed by atoms with Crippen LogP contribution < -0.4 is 5.32 Å². The molecule has 0 saturated carbocycles. The Morgan fingerprint density at radius 1 is 1.39 bits per heavy atom. The molecule has 1 heterocycles. The van der Waals surface area contributed by atoms with E-state index in [4.69, 9.17) is 4.74 Å². The third-order valence-corrected chi connectivity index (χ3v) is 2.95. The Morgan fingerprint density at radius 2 is 2.00 bits per heavy atom. The van der Waals surface area contributed by atoms with E-state index in [0.717, 1.165) is 12.1 Å². The lowest BCUT2D eigenvalue weighted by atomic mass is 9.84. The number of hydrogen-bond donors (Lipinski definition) is 1. The maximum absolute atomic E-state index is 11.4. The van der Waals surface area contributed by atoms with Crippen LogP contribution >= 0.6 is 0 Å². The highest BCUT2D eigenvalue weighted by atomic mass is 16.5. The summed E-state index contributed by atoms with van der Waals surface area (Å²) in [6.07, 6.45) is 3.91. The number of pyridine rings is 1. The number of nitrogens with zero attached hydrogens (tertiary/aromatic N) is 1. The van der Waals surface area contributed by atoms with Gasteiger partial charge in [-0.25, -0.2) is 0 Å². The highest BCUT2D eigenvalue weighted by Gasteiger charge is 2.26. The molecule has 0 amide bonds. The van der Waals surface area contributed by atoms with Crippen LogP contribution in [0.4, 0.5) is 0 Å². The van der Waals surface area contributed by atoms with E-state index in [2.05, 4.69) is 31.1 Å². The van der Waals surface area contributed by atoms with E-state index in [1.54, 1.807) is 12.4 Å². The van der Waals surface area contributed by atoms with Crippen molar-refractivity contribution in [2.45, 2.75) is 39.8 Å². The van der Waals surface area contributed by atoms with Gasteiger partial charge in [-0.05, 0) is 23.1 Å². The first kappa shape index (κ1) is 14.6. The standard InChI is InChI=1S/C14H22N2O2/c1-14(2,3)12(9-13(17)18-4)16-10-11-5-7-15-8-6-11/h5-8,12,16H,9-10H2,1-4H3. The molecule has 0 aliphatic heterocycles. The number of hydrogen-bond acceptors (Lipinski definition) is 4. The predicted molar refractivity (Wildman–Crippen MR) is 71.0 cm³/mol. The quantitative estimate of drug-likeness (QED) is 0.814. The van der Waals surface area contributed by atoms with Crippen molar-refractivity contribution in [3.05, 3.63) is 30.1 Å². The largest absolute Gasteiger partial charge is 0.469 e. The van der Waals surface area contributed by atoms with E-state index >= 15 is 0 Å². The number of ether oxygens (including phenoxy) is 1. The molecule has 0 spiro atoms. The molecule has 1 rings (SSSR count). The van der Waals surface area contributed by atoms with Gasteiger partial charge in [-0.15, -0.1) is 0 Å². The average molecular weight is 250 g/mol. The first-order valence-corrected chi connectivity index (χ1v) is 6.12. The van der Waals surface area contributed by atoms with Crippen molar-refractivity contribution in [1.29, 1.82) is 0 Å². The van der Waals surface area contributed by atoms with E-state index in [0.29, 0.717) is 6.42 Å². The summed E-state index contributed by atoms with van der Waals surface area (Å²) < 4.78 is 4.74. The molecular weight excluding hydrogens is 228 g/mol. The van der Waals surface area contributed by atoms with Crippen LogP contribution in [0.3, 0.4) is 0 Å². The highest BCUT2D eigenvalue weighted by Crippen LogP contribution is 2.22. The molecule has 1 aromatic heterocycles. The maximum Gasteiger partial charge on any atom is 0.307 e. The van der Waals surface area contributed by atoms with Gasteiger partial charge >= 0.3 is 5.97 Å². The van der Waals surface area contributed by atoms with Crippen molar-refractivity contribution in [1.82, 2.24) is 10.3 Å². The summed E-state index contributed by atoms with van der Waals surface area (Å²) >= 11 is 0. The zero-order valence-electron chi connectivity index (χ0n) is 11.6. The molecule has 0 aliphatic rings. The minimum absolute atomic E-state index is 0.00121. The van der Waals surface area contributed by atoms with Crippen LogP contribution in [-0.2, 0) is 16.1 Å². The third kappa shape index (κ3) is 4.84. The minimum atomic E-state index is -0.183. The number of nitrogens with one attached hydrogen (secondary N) is 1. The number of rotatable bonds is 5. The van der Waals surface area contributed by atoms with Crippen LogP contribution in [0.5, 0.6) is 0 Å². The fraction of sp³-hybridized carbons (Fsp3) is 0.571. The monoisotopic (exact) mass is 250 g/mol. The second-order valence-electron chi connectivity index (χ2n) is 5.44. The summed E-state index contributed by atoms with van der Waals surface area (Å²) in [5.41, 5.74) is 1.16. The molecule has 1 N–H and O–H groups in total. The first-order valence-electron chi connectivity index (χ1n) is 6.12. The summed E-state index contributed by atoms with van der Waals surface area (Å²) in [5, 5.41) is 3.41. The molecule has 0 aromatic carbocycles. The van der Waals surface area contributed by atoms with Gasteiger partial charge in [0, 0.05) is 25.0 Å². The summed E-state index contributed by atoms with van der Waals surface area (Å²) in [6, 6.07) is 4.01. The van der Waals surface area contributed by atoms with Gasteiger partial charge in [0.25, 0.3) is 0 Å². The minimum Gasteiger partial charge on any atom is -0.469 e. The normalized spacial score (nSPS) is 13.1. The smallest absolute Gasteiger partial charge is 0.307 e. The van der Waals surface area contributed by atoms with Crippen molar-refractivity contribution >= 4 is 5.97 Å². The van der Waals surface area contributed by atoms with Gasteiger partial charge in [0.05, 0.1) is 13.5 Å². The predicted octanol–water partition coefficient (Wildman–Crippen LogP) is 2.15. The van der Waals surface area contributed by atoms with E-state index < -0.39 is 0 Å². The fourth-order valence-corrected chi connectivity index (χ4v) is 1.68. The lowest BCUT2D eigenvalue weighted by molar-refractivity contribution is -0.141. The molecule has 18 heavy (non-hydrogen) atoms. The van der Waals surface area contributed by atoms with Crippen LogP contribution in [0.15, 0.2) is 24.5 Å².